The Morgan fingerprint density at radius 1 is 1.13 bits per heavy atom. The van der Waals surface area contributed by atoms with E-state index in [1.165, 1.54) is 19.2 Å². The van der Waals surface area contributed by atoms with Gasteiger partial charge in [0.1, 0.15) is 5.75 Å². The number of pyridine rings is 1. The number of anilines is 1. The van der Waals surface area contributed by atoms with E-state index < -0.39 is 18.5 Å². The second-order valence-corrected chi connectivity index (χ2v) is 7.15. The lowest BCUT2D eigenvalue weighted by molar-refractivity contribution is -0.119. The molecule has 3 aromatic rings. The highest BCUT2D eigenvalue weighted by Crippen LogP contribution is 2.27. The number of aromatic nitrogens is 3. The van der Waals surface area contributed by atoms with E-state index in [9.17, 15) is 9.59 Å². The van der Waals surface area contributed by atoms with Crippen LogP contribution in [0.25, 0.3) is 5.82 Å². The number of carbonyl (C=O) groups excluding carboxylic acids is 2. The van der Waals surface area contributed by atoms with E-state index in [-0.39, 0.29) is 10.7 Å². The molecule has 0 saturated carbocycles. The van der Waals surface area contributed by atoms with Crippen molar-refractivity contribution in [1.82, 2.24) is 14.8 Å². The zero-order valence-corrected chi connectivity index (χ0v) is 17.9. The summed E-state index contributed by atoms with van der Waals surface area (Å²) in [5, 5.41) is 7.42. The number of amides is 1. The molecular weight excluding hydrogens is 431 g/mol. The first-order valence-corrected chi connectivity index (χ1v) is 9.54. The van der Waals surface area contributed by atoms with Crippen molar-refractivity contribution in [2.45, 2.75) is 13.8 Å². The number of esters is 1. The maximum Gasteiger partial charge on any atom is 0.359 e. The topological polar surface area (TPSA) is 95.3 Å². The molecule has 0 fully saturated rings. The molecule has 0 atom stereocenters. The number of nitrogens with zero attached hydrogens (tertiary/aromatic N) is 3. The number of carbonyl (C=O) groups is 2. The number of nitrogens with one attached hydrogen (secondary N) is 1. The van der Waals surface area contributed by atoms with Crippen molar-refractivity contribution in [1.29, 1.82) is 0 Å². The summed E-state index contributed by atoms with van der Waals surface area (Å²) in [5.41, 5.74) is 1.89. The molecule has 0 bridgehead atoms. The monoisotopic (exact) mass is 448 g/mol. The minimum absolute atomic E-state index is 0.0993. The highest BCUT2D eigenvalue weighted by Gasteiger charge is 2.18. The van der Waals surface area contributed by atoms with Gasteiger partial charge in [0.2, 0.25) is 0 Å². The van der Waals surface area contributed by atoms with Gasteiger partial charge >= 0.3 is 5.97 Å². The van der Waals surface area contributed by atoms with Crippen LogP contribution in [0, 0.1) is 13.8 Å². The molecule has 30 heavy (non-hydrogen) atoms. The number of aryl methyl sites for hydroxylation is 2. The van der Waals surface area contributed by atoms with Gasteiger partial charge in [-0.25, -0.2) is 14.5 Å². The van der Waals surface area contributed by atoms with Crippen LogP contribution in [-0.4, -0.2) is 40.4 Å². The van der Waals surface area contributed by atoms with Crippen molar-refractivity contribution < 1.29 is 19.1 Å². The average molecular weight is 449 g/mol. The predicted octanol–water partition coefficient (Wildman–Crippen LogP) is 4.00. The first-order valence-electron chi connectivity index (χ1n) is 8.79. The summed E-state index contributed by atoms with van der Waals surface area (Å²) in [6, 6.07) is 9.79. The second-order valence-electron chi connectivity index (χ2n) is 6.31. The molecule has 0 spiro atoms. The molecule has 3 rings (SSSR count). The van der Waals surface area contributed by atoms with Crippen molar-refractivity contribution in [2.75, 3.05) is 19.0 Å². The number of halogens is 2. The molecule has 2 aromatic heterocycles. The lowest BCUT2D eigenvalue weighted by atomic mass is 10.3. The van der Waals surface area contributed by atoms with Crippen LogP contribution in [0.4, 0.5) is 5.69 Å². The fraction of sp³-hybridized carbons (Fsp3) is 0.200. The fourth-order valence-corrected chi connectivity index (χ4v) is 3.07. The van der Waals surface area contributed by atoms with Crippen molar-refractivity contribution in [2.24, 2.45) is 0 Å². The summed E-state index contributed by atoms with van der Waals surface area (Å²) < 4.78 is 11.8. The van der Waals surface area contributed by atoms with Crippen LogP contribution >= 0.6 is 23.2 Å². The van der Waals surface area contributed by atoms with Crippen LogP contribution < -0.4 is 10.1 Å². The number of ether oxygens (including phenoxy) is 2. The van der Waals surface area contributed by atoms with E-state index >= 15 is 0 Å². The Bertz CT molecular complexity index is 1110. The van der Waals surface area contributed by atoms with Gasteiger partial charge in [-0.1, -0.05) is 23.2 Å². The molecule has 156 valence electrons. The highest BCUT2D eigenvalue weighted by molar-refractivity contribution is 6.33. The van der Waals surface area contributed by atoms with Gasteiger partial charge in [0.25, 0.3) is 5.91 Å². The zero-order chi connectivity index (χ0) is 21.8. The molecule has 1 amide bonds. The molecule has 0 aliphatic heterocycles. The Balaban J connectivity index is 1.70. The molecular formula is C20H18Cl2N4O4. The van der Waals surface area contributed by atoms with Crippen LogP contribution in [0.3, 0.4) is 0 Å². The Kier molecular flexibility index (Phi) is 6.59. The lowest BCUT2D eigenvalue weighted by Crippen LogP contribution is -2.22. The first-order chi connectivity index (χ1) is 14.3. The van der Waals surface area contributed by atoms with E-state index in [0.717, 1.165) is 11.4 Å². The van der Waals surface area contributed by atoms with Gasteiger partial charge in [-0.3, -0.25) is 4.79 Å². The predicted molar refractivity (Wildman–Crippen MR) is 113 cm³/mol. The summed E-state index contributed by atoms with van der Waals surface area (Å²) in [5.74, 6) is -0.585. The van der Waals surface area contributed by atoms with E-state index in [1.54, 1.807) is 22.9 Å². The van der Waals surface area contributed by atoms with Gasteiger partial charge < -0.3 is 14.8 Å². The quantitative estimate of drug-likeness (QED) is 0.572. The smallest absolute Gasteiger partial charge is 0.359 e. The third-order valence-electron chi connectivity index (χ3n) is 4.02. The van der Waals surface area contributed by atoms with Gasteiger partial charge in [-0.2, -0.15) is 5.10 Å². The van der Waals surface area contributed by atoms with E-state index in [1.807, 2.05) is 19.9 Å². The zero-order valence-electron chi connectivity index (χ0n) is 16.4. The molecule has 8 nitrogen and oxygen atoms in total. The molecule has 1 N–H and O–H groups in total. The first kappa shape index (κ1) is 21.6. The molecule has 0 radical (unpaired) electrons. The standard InChI is InChI=1S/C20H18Cl2N4O4/c1-11-8-12(2)26(25-11)17-7-5-14(22)19(24-17)20(28)30-10-18(27)23-15-9-13(21)4-6-16(15)29-3/h4-9H,10H2,1-3H3,(H,23,27). The van der Waals surface area contributed by atoms with Gasteiger partial charge in [-0.15, -0.1) is 0 Å². The number of methoxy groups -OCH3 is 1. The Labute approximate surface area is 182 Å². The van der Waals surface area contributed by atoms with Crippen molar-refractivity contribution >= 4 is 40.8 Å². The lowest BCUT2D eigenvalue weighted by Gasteiger charge is -2.11. The number of hydrogen-bond donors (Lipinski definition) is 1. The minimum Gasteiger partial charge on any atom is -0.495 e. The molecule has 0 aliphatic rings. The van der Waals surface area contributed by atoms with Crippen LogP contribution in [0.5, 0.6) is 5.75 Å². The molecule has 10 heteroatoms. The van der Waals surface area contributed by atoms with E-state index in [0.29, 0.717) is 22.3 Å². The maximum absolute atomic E-state index is 12.4. The molecule has 0 saturated heterocycles. The van der Waals surface area contributed by atoms with Crippen LogP contribution in [0.15, 0.2) is 36.4 Å². The fourth-order valence-electron chi connectivity index (χ4n) is 2.72. The van der Waals surface area contributed by atoms with Gasteiger partial charge in [0.05, 0.1) is 23.5 Å². The molecule has 2 heterocycles. The normalized spacial score (nSPS) is 10.6. The van der Waals surface area contributed by atoms with Crippen molar-refractivity contribution in [3.63, 3.8) is 0 Å². The number of rotatable bonds is 6. The van der Waals surface area contributed by atoms with Crippen LogP contribution in [0.1, 0.15) is 21.9 Å². The molecule has 0 aliphatic carbocycles. The Morgan fingerprint density at radius 2 is 1.90 bits per heavy atom. The van der Waals surface area contributed by atoms with Crippen molar-refractivity contribution in [3.8, 4) is 11.6 Å². The van der Waals surface area contributed by atoms with Crippen molar-refractivity contribution in [3.05, 3.63) is 63.5 Å². The Morgan fingerprint density at radius 3 is 2.57 bits per heavy atom. The van der Waals surface area contributed by atoms with E-state index in [2.05, 4.69) is 15.4 Å². The summed E-state index contributed by atoms with van der Waals surface area (Å²) in [7, 11) is 1.46. The molecule has 1 aromatic carbocycles. The SMILES string of the molecule is COc1ccc(Cl)cc1NC(=O)COC(=O)c1nc(-n2nc(C)cc2C)ccc1Cl. The largest absolute Gasteiger partial charge is 0.495 e. The maximum atomic E-state index is 12.4. The average Bonchev–Trinajstić information content (AvgIpc) is 3.04. The van der Waals surface area contributed by atoms with E-state index in [4.69, 9.17) is 32.7 Å². The minimum atomic E-state index is -0.836. The van der Waals surface area contributed by atoms with Gasteiger partial charge in [0, 0.05) is 10.7 Å². The summed E-state index contributed by atoms with van der Waals surface area (Å²) in [6.07, 6.45) is 0. The van der Waals surface area contributed by atoms with Crippen LogP contribution in [0.2, 0.25) is 10.0 Å². The summed E-state index contributed by atoms with van der Waals surface area (Å²) in [4.78, 5) is 28.9. The highest BCUT2D eigenvalue weighted by atomic mass is 35.5. The second kappa shape index (κ2) is 9.15. The Hall–Kier alpha value is -3.10. The third-order valence-corrected chi connectivity index (χ3v) is 4.56. The van der Waals surface area contributed by atoms with Gasteiger partial charge in [0.15, 0.2) is 18.1 Å². The summed E-state index contributed by atoms with van der Waals surface area (Å²) >= 11 is 12.0. The number of benzene rings is 1. The molecule has 0 unspecified atom stereocenters. The third kappa shape index (κ3) is 4.90. The number of hydrogen-bond acceptors (Lipinski definition) is 6. The van der Waals surface area contributed by atoms with Crippen LogP contribution in [-0.2, 0) is 9.53 Å². The van der Waals surface area contributed by atoms with Gasteiger partial charge in [-0.05, 0) is 50.2 Å². The summed E-state index contributed by atoms with van der Waals surface area (Å²) in [6.45, 7) is 3.17.